The topological polar surface area (TPSA) is 91.3 Å². The molecule has 63 heavy (non-hydrogen) atoms. The van der Waals surface area contributed by atoms with E-state index in [1.165, 1.54) is 57.8 Å². The Morgan fingerprint density at radius 2 is 0.921 bits per heavy atom. The summed E-state index contributed by atoms with van der Waals surface area (Å²) in [5, 5.41) is 0. The van der Waals surface area contributed by atoms with Gasteiger partial charge < -0.3 is 18.9 Å². The number of phosphoric acid groups is 1. The van der Waals surface area contributed by atoms with Crippen molar-refractivity contribution in [2.45, 2.75) is 187 Å². The Kier molecular flexibility index (Phi) is 44.1. The molecule has 0 rings (SSSR count). The van der Waals surface area contributed by atoms with Crippen LogP contribution in [0.1, 0.15) is 181 Å². The SMILES string of the molecule is CC/C=C\C/C=C\C/C=C\C/C=C\C/C=C\CCCCCCCCOCC(COP(=O)(O)OCC[N+](C)(C)C)OC(=O)CCCCCCCC/C=C\C/C=C\C/C=C\CCCCC. The van der Waals surface area contributed by atoms with Gasteiger partial charge in [0.1, 0.15) is 19.3 Å². The fourth-order valence-electron chi connectivity index (χ4n) is 6.29. The maximum atomic E-state index is 12.8. The first-order valence-electron chi connectivity index (χ1n) is 25.0. The minimum absolute atomic E-state index is 0.0769. The van der Waals surface area contributed by atoms with Gasteiger partial charge >= 0.3 is 13.8 Å². The van der Waals surface area contributed by atoms with Crippen LogP contribution in [-0.2, 0) is 27.9 Å². The minimum Gasteiger partial charge on any atom is -0.457 e. The number of hydrogen-bond donors (Lipinski definition) is 1. The van der Waals surface area contributed by atoms with Gasteiger partial charge in [-0.1, -0.05) is 175 Å². The smallest absolute Gasteiger partial charge is 0.457 e. The molecule has 0 aromatic heterocycles. The average Bonchev–Trinajstić information content (AvgIpc) is 3.24. The summed E-state index contributed by atoms with van der Waals surface area (Å²) in [7, 11) is 1.63. The highest BCUT2D eigenvalue weighted by Gasteiger charge is 2.26. The van der Waals surface area contributed by atoms with Gasteiger partial charge in [-0.05, 0) is 96.3 Å². The van der Waals surface area contributed by atoms with Gasteiger partial charge in [0, 0.05) is 13.0 Å². The van der Waals surface area contributed by atoms with Gasteiger partial charge in [0.25, 0.3) is 0 Å². The van der Waals surface area contributed by atoms with E-state index in [9.17, 15) is 14.3 Å². The maximum Gasteiger partial charge on any atom is 0.472 e. The standard InChI is InChI=1S/C54H94NO7P/c1-6-8-10-12-14-16-18-20-22-24-26-27-28-30-32-34-36-38-40-42-44-46-49-59-51-53(52-61-63(57,58)60-50-48-55(3,4)5)62-54(56)47-45-43-41-39-37-35-33-31-29-25-23-21-19-17-15-13-11-9-7-2/h8,10,14-17,20-23,26-27,29-32,53H,6-7,9,11-13,18-19,24-25,28,33-52H2,1-5H3/p+1/b10-8-,16-14-,17-15-,22-20-,23-21-,27-26-,31-29-,32-30-. The molecule has 9 heteroatoms. The number of likely N-dealkylation sites (N-methyl/N-ethyl adjacent to an activating group) is 1. The van der Waals surface area contributed by atoms with Crippen molar-refractivity contribution in [3.05, 3.63) is 97.2 Å². The molecule has 0 fully saturated rings. The highest BCUT2D eigenvalue weighted by Crippen LogP contribution is 2.43. The Morgan fingerprint density at radius 3 is 1.38 bits per heavy atom. The van der Waals surface area contributed by atoms with Crippen molar-refractivity contribution in [2.75, 3.05) is 54.1 Å². The molecule has 0 aromatic carbocycles. The molecule has 0 spiro atoms. The Balaban J connectivity index is 4.26. The average molecular weight is 901 g/mol. The largest absolute Gasteiger partial charge is 0.472 e. The molecule has 0 saturated heterocycles. The van der Waals surface area contributed by atoms with Crippen LogP contribution in [0.2, 0.25) is 0 Å². The first kappa shape index (κ1) is 60.4. The summed E-state index contributed by atoms with van der Waals surface area (Å²) in [6.45, 7) is 5.41. The molecule has 0 aliphatic rings. The lowest BCUT2D eigenvalue weighted by atomic mass is 10.1. The van der Waals surface area contributed by atoms with E-state index >= 15 is 0 Å². The van der Waals surface area contributed by atoms with Gasteiger partial charge in [0.05, 0.1) is 34.4 Å². The quantitative estimate of drug-likeness (QED) is 0.0214. The summed E-state index contributed by atoms with van der Waals surface area (Å²) in [5.74, 6) is -0.335. The Bertz CT molecular complexity index is 1320. The van der Waals surface area contributed by atoms with Crippen molar-refractivity contribution in [1.82, 2.24) is 0 Å². The van der Waals surface area contributed by atoms with E-state index in [-0.39, 0.29) is 25.8 Å². The molecule has 0 bridgehead atoms. The molecule has 1 N–H and O–H groups in total. The lowest BCUT2D eigenvalue weighted by Crippen LogP contribution is -2.37. The third-order valence-corrected chi connectivity index (χ3v) is 11.1. The number of quaternary nitrogens is 1. The monoisotopic (exact) mass is 901 g/mol. The highest BCUT2D eigenvalue weighted by atomic mass is 31.2. The second kappa shape index (κ2) is 46.0. The third kappa shape index (κ3) is 50.3. The van der Waals surface area contributed by atoms with E-state index in [1.54, 1.807) is 0 Å². The van der Waals surface area contributed by atoms with Gasteiger partial charge in [-0.3, -0.25) is 13.8 Å². The Hall–Kier alpha value is -2.58. The van der Waals surface area contributed by atoms with Crippen LogP contribution >= 0.6 is 7.82 Å². The van der Waals surface area contributed by atoms with E-state index in [1.807, 2.05) is 21.1 Å². The Labute approximate surface area is 387 Å². The Morgan fingerprint density at radius 1 is 0.508 bits per heavy atom. The molecule has 0 saturated carbocycles. The minimum atomic E-state index is -4.30. The van der Waals surface area contributed by atoms with Crippen LogP contribution in [0, 0.1) is 0 Å². The lowest BCUT2D eigenvalue weighted by Gasteiger charge is -2.24. The first-order valence-corrected chi connectivity index (χ1v) is 26.5. The zero-order valence-corrected chi connectivity index (χ0v) is 41.9. The highest BCUT2D eigenvalue weighted by molar-refractivity contribution is 7.47. The second-order valence-electron chi connectivity index (χ2n) is 17.5. The molecular weight excluding hydrogens is 806 g/mol. The fourth-order valence-corrected chi connectivity index (χ4v) is 7.03. The number of phosphoric ester groups is 1. The van der Waals surface area contributed by atoms with Crippen molar-refractivity contribution in [3.63, 3.8) is 0 Å². The van der Waals surface area contributed by atoms with Crippen molar-refractivity contribution in [2.24, 2.45) is 0 Å². The summed E-state index contributed by atoms with van der Waals surface area (Å²) in [4.78, 5) is 23.0. The molecule has 2 atom stereocenters. The second-order valence-corrected chi connectivity index (χ2v) is 18.9. The molecule has 0 aliphatic heterocycles. The van der Waals surface area contributed by atoms with Gasteiger partial charge in [-0.2, -0.15) is 0 Å². The zero-order valence-electron chi connectivity index (χ0n) is 41.0. The van der Waals surface area contributed by atoms with Gasteiger partial charge in [0.15, 0.2) is 0 Å². The number of carbonyl (C=O) groups is 1. The first-order chi connectivity index (χ1) is 30.6. The van der Waals surface area contributed by atoms with Crippen LogP contribution in [0.5, 0.6) is 0 Å². The van der Waals surface area contributed by atoms with Crippen molar-refractivity contribution < 1.29 is 37.3 Å². The van der Waals surface area contributed by atoms with Gasteiger partial charge in [-0.25, -0.2) is 4.57 Å². The predicted octanol–water partition coefficient (Wildman–Crippen LogP) is 15.4. The van der Waals surface area contributed by atoms with Gasteiger partial charge in [0.2, 0.25) is 0 Å². The van der Waals surface area contributed by atoms with Crippen LogP contribution < -0.4 is 0 Å². The van der Waals surface area contributed by atoms with E-state index in [0.29, 0.717) is 24.1 Å². The van der Waals surface area contributed by atoms with Gasteiger partial charge in [-0.15, -0.1) is 0 Å². The summed E-state index contributed by atoms with van der Waals surface area (Å²) in [6, 6.07) is 0. The number of nitrogens with zero attached hydrogens (tertiary/aromatic N) is 1. The molecule has 362 valence electrons. The van der Waals surface area contributed by atoms with E-state index in [4.69, 9.17) is 18.5 Å². The third-order valence-electron chi connectivity index (χ3n) is 10.1. The van der Waals surface area contributed by atoms with Crippen LogP contribution in [0.15, 0.2) is 97.2 Å². The normalized spacial score (nSPS) is 14.4. The molecule has 0 amide bonds. The molecule has 2 unspecified atom stereocenters. The van der Waals surface area contributed by atoms with E-state index < -0.39 is 13.9 Å². The van der Waals surface area contributed by atoms with E-state index in [0.717, 1.165) is 103 Å². The number of rotatable bonds is 45. The van der Waals surface area contributed by atoms with Crippen LogP contribution in [0.4, 0.5) is 0 Å². The molecule has 0 aliphatic carbocycles. The van der Waals surface area contributed by atoms with Crippen molar-refractivity contribution >= 4 is 13.8 Å². The van der Waals surface area contributed by atoms with Crippen molar-refractivity contribution in [3.8, 4) is 0 Å². The zero-order chi connectivity index (χ0) is 46.2. The number of hydrogen-bond acceptors (Lipinski definition) is 6. The molecule has 0 radical (unpaired) electrons. The van der Waals surface area contributed by atoms with Crippen molar-refractivity contribution in [1.29, 1.82) is 0 Å². The summed E-state index contributed by atoms with van der Waals surface area (Å²) < 4.78 is 35.1. The molecule has 8 nitrogen and oxygen atoms in total. The molecular formula is C54H95NO7P+. The number of ether oxygens (including phenoxy) is 2. The summed E-state index contributed by atoms with van der Waals surface area (Å²) in [5.41, 5.74) is 0. The molecule has 0 heterocycles. The predicted molar refractivity (Wildman–Crippen MR) is 270 cm³/mol. The lowest BCUT2D eigenvalue weighted by molar-refractivity contribution is -0.870. The van der Waals surface area contributed by atoms with E-state index in [2.05, 4.69) is 111 Å². The number of unbranched alkanes of at least 4 members (excludes halogenated alkanes) is 15. The van der Waals surface area contributed by atoms with Crippen LogP contribution in [0.25, 0.3) is 0 Å². The maximum absolute atomic E-state index is 12.8. The number of carbonyl (C=O) groups excluding carboxylic acids is 1. The summed E-state index contributed by atoms with van der Waals surface area (Å²) in [6.07, 6.45) is 63.0. The van der Waals surface area contributed by atoms with Crippen LogP contribution in [-0.4, -0.2) is 75.6 Å². The summed E-state index contributed by atoms with van der Waals surface area (Å²) >= 11 is 0. The fraction of sp³-hybridized carbons (Fsp3) is 0.685. The number of esters is 1. The number of allylic oxidation sites excluding steroid dienone is 16. The van der Waals surface area contributed by atoms with Crippen LogP contribution in [0.3, 0.4) is 0 Å². The molecule has 0 aromatic rings.